The van der Waals surface area contributed by atoms with Gasteiger partial charge in [-0.2, -0.15) is 5.10 Å². The molecule has 2 fully saturated rings. The minimum atomic E-state index is 0.120. The van der Waals surface area contributed by atoms with Gasteiger partial charge >= 0.3 is 0 Å². The molecular formula is C19H26N6O. The average Bonchev–Trinajstić information content (AvgIpc) is 3.40. The lowest BCUT2D eigenvalue weighted by molar-refractivity contribution is 0.0626. The molecule has 2 aliphatic rings. The summed E-state index contributed by atoms with van der Waals surface area (Å²) in [4.78, 5) is 23.7. The highest BCUT2D eigenvalue weighted by atomic mass is 16.2. The Bertz CT molecular complexity index is 700. The number of amides is 1. The molecule has 0 N–H and O–H groups in total. The Morgan fingerprint density at radius 1 is 0.885 bits per heavy atom. The van der Waals surface area contributed by atoms with E-state index in [-0.39, 0.29) is 5.91 Å². The van der Waals surface area contributed by atoms with Crippen LogP contribution >= 0.6 is 0 Å². The lowest BCUT2D eigenvalue weighted by Crippen LogP contribution is -2.50. The van der Waals surface area contributed by atoms with Gasteiger partial charge in [0.25, 0.3) is 5.91 Å². The Labute approximate surface area is 154 Å². The van der Waals surface area contributed by atoms with Crippen LogP contribution in [0.3, 0.4) is 0 Å². The maximum atomic E-state index is 12.7. The summed E-state index contributed by atoms with van der Waals surface area (Å²) in [6.07, 6.45) is 5.84. The fourth-order valence-corrected chi connectivity index (χ4v) is 3.74. The Hall–Kier alpha value is -2.25. The minimum Gasteiger partial charge on any atom is -0.336 e. The molecule has 0 aliphatic carbocycles. The van der Waals surface area contributed by atoms with E-state index >= 15 is 0 Å². The molecule has 0 saturated carbocycles. The first-order valence-corrected chi connectivity index (χ1v) is 9.49. The normalized spacial score (nSPS) is 19.2. The molecule has 0 bridgehead atoms. The first-order chi connectivity index (χ1) is 12.8. The number of carbonyl (C=O) groups is 1. The third-order valence-electron chi connectivity index (χ3n) is 5.39. The minimum absolute atomic E-state index is 0.120. The lowest BCUT2D eigenvalue weighted by Gasteiger charge is -2.35. The van der Waals surface area contributed by atoms with Gasteiger partial charge in [0.2, 0.25) is 0 Å². The van der Waals surface area contributed by atoms with Crippen LogP contribution < -0.4 is 0 Å². The number of likely N-dealkylation sites (tertiary alicyclic amines) is 1. The zero-order chi connectivity index (χ0) is 17.8. The van der Waals surface area contributed by atoms with Crippen LogP contribution in [-0.4, -0.2) is 87.7 Å². The van der Waals surface area contributed by atoms with E-state index in [0.717, 1.165) is 50.5 Å². The fraction of sp³-hybridized carbons (Fsp3) is 0.526. The van der Waals surface area contributed by atoms with Crippen molar-refractivity contribution in [1.82, 2.24) is 29.5 Å². The van der Waals surface area contributed by atoms with Crippen molar-refractivity contribution in [2.24, 2.45) is 0 Å². The quantitative estimate of drug-likeness (QED) is 0.805. The van der Waals surface area contributed by atoms with E-state index in [9.17, 15) is 4.79 Å². The molecule has 2 aliphatic heterocycles. The molecule has 7 nitrogen and oxygen atoms in total. The standard InChI is InChI=1S/C19H26N6O/c26-19(17-3-5-18(6-4-17)25-16-20-15-21-25)24-13-11-23(12-14-24)10-9-22-7-1-2-8-22/h3-6,15-16H,1-2,7-14H2. The fourth-order valence-electron chi connectivity index (χ4n) is 3.74. The smallest absolute Gasteiger partial charge is 0.253 e. The van der Waals surface area contributed by atoms with Crippen molar-refractivity contribution in [3.05, 3.63) is 42.5 Å². The molecule has 4 rings (SSSR count). The zero-order valence-corrected chi connectivity index (χ0v) is 15.1. The zero-order valence-electron chi connectivity index (χ0n) is 15.1. The predicted molar refractivity (Wildman–Crippen MR) is 99.4 cm³/mol. The summed E-state index contributed by atoms with van der Waals surface area (Å²) in [6.45, 7) is 8.35. The van der Waals surface area contributed by atoms with Crippen LogP contribution in [0.1, 0.15) is 23.2 Å². The van der Waals surface area contributed by atoms with Gasteiger partial charge in [0.1, 0.15) is 12.7 Å². The number of piperazine rings is 1. The van der Waals surface area contributed by atoms with Crippen LogP contribution in [0.5, 0.6) is 0 Å². The summed E-state index contributed by atoms with van der Waals surface area (Å²) < 4.78 is 1.69. The SMILES string of the molecule is O=C(c1ccc(-n2cncn2)cc1)N1CCN(CCN2CCCC2)CC1. The molecule has 3 heterocycles. The van der Waals surface area contributed by atoms with E-state index in [4.69, 9.17) is 0 Å². The third kappa shape index (κ3) is 3.94. The van der Waals surface area contributed by atoms with E-state index in [2.05, 4.69) is 19.9 Å². The molecule has 1 amide bonds. The second-order valence-corrected chi connectivity index (χ2v) is 7.07. The van der Waals surface area contributed by atoms with Crippen LogP contribution in [0, 0.1) is 0 Å². The summed E-state index contributed by atoms with van der Waals surface area (Å²) in [5.74, 6) is 0.120. The van der Waals surface area contributed by atoms with Crippen molar-refractivity contribution < 1.29 is 4.79 Å². The maximum Gasteiger partial charge on any atom is 0.253 e. The Kier molecular flexibility index (Phi) is 5.26. The van der Waals surface area contributed by atoms with Crippen LogP contribution in [-0.2, 0) is 0 Å². The van der Waals surface area contributed by atoms with E-state index in [1.807, 2.05) is 29.2 Å². The molecule has 0 spiro atoms. The van der Waals surface area contributed by atoms with Crippen molar-refractivity contribution >= 4 is 5.91 Å². The van der Waals surface area contributed by atoms with E-state index in [1.165, 1.54) is 32.3 Å². The van der Waals surface area contributed by atoms with E-state index in [0.29, 0.717) is 0 Å². The molecule has 0 atom stereocenters. The van der Waals surface area contributed by atoms with Gasteiger partial charge in [0, 0.05) is 44.8 Å². The maximum absolute atomic E-state index is 12.7. The molecular weight excluding hydrogens is 328 g/mol. The number of rotatable bonds is 5. The van der Waals surface area contributed by atoms with Gasteiger partial charge in [0.05, 0.1) is 5.69 Å². The third-order valence-corrected chi connectivity index (χ3v) is 5.39. The number of nitrogens with zero attached hydrogens (tertiary/aromatic N) is 6. The second kappa shape index (κ2) is 7.97. The number of benzene rings is 1. The Balaban J connectivity index is 1.27. The number of aromatic nitrogens is 3. The van der Waals surface area contributed by atoms with Crippen molar-refractivity contribution in [1.29, 1.82) is 0 Å². The summed E-state index contributed by atoms with van der Waals surface area (Å²) in [7, 11) is 0. The van der Waals surface area contributed by atoms with Crippen LogP contribution in [0.15, 0.2) is 36.9 Å². The molecule has 1 aromatic heterocycles. The van der Waals surface area contributed by atoms with Crippen molar-refractivity contribution in [3.8, 4) is 5.69 Å². The molecule has 26 heavy (non-hydrogen) atoms. The molecule has 138 valence electrons. The average molecular weight is 354 g/mol. The van der Waals surface area contributed by atoms with E-state index in [1.54, 1.807) is 11.0 Å². The van der Waals surface area contributed by atoms with E-state index < -0.39 is 0 Å². The molecule has 0 radical (unpaired) electrons. The molecule has 0 unspecified atom stereocenters. The highest BCUT2D eigenvalue weighted by Gasteiger charge is 2.22. The van der Waals surface area contributed by atoms with Gasteiger partial charge in [-0.1, -0.05) is 0 Å². The molecule has 1 aromatic carbocycles. The molecule has 7 heteroatoms. The highest BCUT2D eigenvalue weighted by molar-refractivity contribution is 5.94. The van der Waals surface area contributed by atoms with Crippen LogP contribution in [0.25, 0.3) is 5.69 Å². The Morgan fingerprint density at radius 2 is 1.54 bits per heavy atom. The number of hydrogen-bond acceptors (Lipinski definition) is 5. The van der Waals surface area contributed by atoms with Crippen molar-refractivity contribution in [2.45, 2.75) is 12.8 Å². The summed E-state index contributed by atoms with van der Waals surface area (Å²) in [5.41, 5.74) is 1.64. The first kappa shape index (κ1) is 17.2. The van der Waals surface area contributed by atoms with Gasteiger partial charge in [-0.15, -0.1) is 0 Å². The molecule has 2 aromatic rings. The van der Waals surface area contributed by atoms with Crippen LogP contribution in [0.2, 0.25) is 0 Å². The van der Waals surface area contributed by atoms with Crippen molar-refractivity contribution in [2.75, 3.05) is 52.4 Å². The van der Waals surface area contributed by atoms with Gasteiger partial charge in [-0.3, -0.25) is 9.69 Å². The van der Waals surface area contributed by atoms with Crippen LogP contribution in [0.4, 0.5) is 0 Å². The van der Waals surface area contributed by atoms with Gasteiger partial charge < -0.3 is 9.80 Å². The monoisotopic (exact) mass is 354 g/mol. The predicted octanol–water partition coefficient (Wildman–Crippen LogP) is 1.12. The van der Waals surface area contributed by atoms with Gasteiger partial charge in [-0.25, -0.2) is 9.67 Å². The topological polar surface area (TPSA) is 57.5 Å². The van der Waals surface area contributed by atoms with Gasteiger partial charge in [0.15, 0.2) is 0 Å². The first-order valence-electron chi connectivity index (χ1n) is 9.49. The highest BCUT2D eigenvalue weighted by Crippen LogP contribution is 2.13. The summed E-state index contributed by atoms with van der Waals surface area (Å²) in [6, 6.07) is 7.57. The number of carbonyl (C=O) groups excluding carboxylic acids is 1. The lowest BCUT2D eigenvalue weighted by atomic mass is 10.1. The van der Waals surface area contributed by atoms with Gasteiger partial charge in [-0.05, 0) is 50.2 Å². The van der Waals surface area contributed by atoms with Crippen molar-refractivity contribution in [3.63, 3.8) is 0 Å². The summed E-state index contributed by atoms with van der Waals surface area (Å²) in [5, 5.41) is 4.11. The molecule has 2 saturated heterocycles. The largest absolute Gasteiger partial charge is 0.336 e. The second-order valence-electron chi connectivity index (χ2n) is 7.07. The Morgan fingerprint density at radius 3 is 2.15 bits per heavy atom. The summed E-state index contributed by atoms with van der Waals surface area (Å²) >= 11 is 0. The number of hydrogen-bond donors (Lipinski definition) is 0.